The van der Waals surface area contributed by atoms with Crippen LogP contribution in [0.2, 0.25) is 5.02 Å². The first-order valence-corrected chi connectivity index (χ1v) is 9.90. The molecule has 3 aromatic carbocycles. The van der Waals surface area contributed by atoms with Crippen molar-refractivity contribution in [3.8, 4) is 28.6 Å². The molecule has 0 aliphatic carbocycles. The number of carbonyl (C=O) groups is 1. The van der Waals surface area contributed by atoms with E-state index in [1.54, 1.807) is 60.7 Å². The van der Waals surface area contributed by atoms with Gasteiger partial charge in [0.2, 0.25) is 5.88 Å². The fourth-order valence-corrected chi connectivity index (χ4v) is 3.14. The number of ether oxygens (including phenoxy) is 2. The van der Waals surface area contributed by atoms with Crippen molar-refractivity contribution in [2.75, 3.05) is 12.4 Å². The number of carbonyl (C=O) groups excluding carboxylic acids is 1. The lowest BCUT2D eigenvalue weighted by Gasteiger charge is -2.11. The molecule has 0 aliphatic heterocycles. The maximum absolute atomic E-state index is 13.2. The zero-order valence-electron chi connectivity index (χ0n) is 16.9. The van der Waals surface area contributed by atoms with Crippen LogP contribution in [0.5, 0.6) is 17.4 Å². The maximum Gasteiger partial charge on any atom is 0.255 e. The molecular formula is C24H17ClFN3O3. The Kier molecular flexibility index (Phi) is 6.28. The molecule has 0 bridgehead atoms. The van der Waals surface area contributed by atoms with Crippen molar-refractivity contribution in [1.82, 2.24) is 9.97 Å². The van der Waals surface area contributed by atoms with Crippen LogP contribution in [-0.2, 0) is 0 Å². The molecule has 0 saturated heterocycles. The zero-order valence-corrected chi connectivity index (χ0v) is 17.6. The van der Waals surface area contributed by atoms with Gasteiger partial charge in [0.15, 0.2) is 0 Å². The second-order valence-electron chi connectivity index (χ2n) is 6.68. The Balaban J connectivity index is 1.52. The Hall–Kier alpha value is -3.97. The molecule has 4 rings (SSSR count). The van der Waals surface area contributed by atoms with Crippen LogP contribution >= 0.6 is 11.6 Å². The lowest BCUT2D eigenvalue weighted by atomic mass is 10.1. The molecule has 0 unspecified atom stereocenters. The lowest BCUT2D eigenvalue weighted by Crippen LogP contribution is -2.12. The third-order valence-electron chi connectivity index (χ3n) is 4.51. The van der Waals surface area contributed by atoms with Crippen molar-refractivity contribution in [2.45, 2.75) is 0 Å². The molecular weight excluding hydrogens is 433 g/mol. The third-order valence-corrected chi connectivity index (χ3v) is 4.75. The van der Waals surface area contributed by atoms with Crippen molar-refractivity contribution in [1.29, 1.82) is 0 Å². The van der Waals surface area contributed by atoms with Crippen molar-refractivity contribution in [3.05, 3.63) is 95.5 Å². The number of benzene rings is 3. The first kappa shape index (κ1) is 21.3. The van der Waals surface area contributed by atoms with Crippen LogP contribution in [0.3, 0.4) is 0 Å². The zero-order chi connectivity index (χ0) is 22.5. The summed E-state index contributed by atoms with van der Waals surface area (Å²) in [5.74, 6) is 0.507. The number of aromatic nitrogens is 2. The summed E-state index contributed by atoms with van der Waals surface area (Å²) in [6.07, 6.45) is 1.36. The average Bonchev–Trinajstić information content (AvgIpc) is 2.80. The van der Waals surface area contributed by atoms with Crippen LogP contribution in [0.4, 0.5) is 10.1 Å². The highest BCUT2D eigenvalue weighted by Gasteiger charge is 2.12. The fourth-order valence-electron chi connectivity index (χ4n) is 2.97. The topological polar surface area (TPSA) is 73.3 Å². The van der Waals surface area contributed by atoms with Gasteiger partial charge in [-0.15, -0.1) is 0 Å². The van der Waals surface area contributed by atoms with Crippen molar-refractivity contribution >= 4 is 23.2 Å². The second-order valence-corrected chi connectivity index (χ2v) is 7.11. The minimum atomic E-state index is -0.356. The smallest absolute Gasteiger partial charge is 0.255 e. The molecule has 0 saturated carbocycles. The Morgan fingerprint density at radius 2 is 1.81 bits per heavy atom. The van der Waals surface area contributed by atoms with Crippen molar-refractivity contribution in [3.63, 3.8) is 0 Å². The van der Waals surface area contributed by atoms with E-state index in [1.807, 2.05) is 0 Å². The summed E-state index contributed by atoms with van der Waals surface area (Å²) >= 11 is 6.03. The van der Waals surface area contributed by atoms with Gasteiger partial charge in [-0.1, -0.05) is 17.7 Å². The SMILES string of the molecule is COc1ccc(Cl)cc1NC(=O)c1cccc(Oc2cc(-c3ccc(F)cc3)ncn2)c1. The van der Waals surface area contributed by atoms with Gasteiger partial charge in [0.05, 0.1) is 18.5 Å². The molecule has 0 spiro atoms. The number of nitrogens with zero attached hydrogens (tertiary/aromatic N) is 2. The summed E-state index contributed by atoms with van der Waals surface area (Å²) in [5, 5.41) is 3.26. The fraction of sp³-hybridized carbons (Fsp3) is 0.0417. The predicted octanol–water partition coefficient (Wildman–Crippen LogP) is 5.99. The molecule has 6 nitrogen and oxygen atoms in total. The molecule has 1 amide bonds. The third kappa shape index (κ3) is 5.01. The van der Waals surface area contributed by atoms with E-state index in [0.29, 0.717) is 33.5 Å². The lowest BCUT2D eigenvalue weighted by molar-refractivity contribution is 0.102. The van der Waals surface area contributed by atoms with Gasteiger partial charge in [-0.2, -0.15) is 0 Å². The first-order chi connectivity index (χ1) is 15.5. The van der Waals surface area contributed by atoms with Crippen molar-refractivity contribution in [2.24, 2.45) is 0 Å². The van der Waals surface area contributed by atoms with Crippen LogP contribution < -0.4 is 14.8 Å². The van der Waals surface area contributed by atoms with E-state index >= 15 is 0 Å². The number of anilines is 1. The normalized spacial score (nSPS) is 10.5. The Labute approximate surface area is 188 Å². The standard InChI is InChI=1S/C24H17ClFN3O3/c1-31-22-10-7-17(25)12-21(22)29-24(30)16-3-2-4-19(11-16)32-23-13-20(27-14-28-23)15-5-8-18(26)9-6-15/h2-14H,1H3,(H,29,30). The molecule has 0 aliphatic rings. The summed E-state index contributed by atoms with van der Waals surface area (Å²) in [6.45, 7) is 0. The van der Waals surface area contributed by atoms with Gasteiger partial charge in [-0.05, 0) is 60.7 Å². The Morgan fingerprint density at radius 3 is 2.59 bits per heavy atom. The molecule has 1 heterocycles. The summed E-state index contributed by atoms with van der Waals surface area (Å²) < 4.78 is 24.2. The number of hydrogen-bond donors (Lipinski definition) is 1. The highest BCUT2D eigenvalue weighted by Crippen LogP contribution is 2.29. The Morgan fingerprint density at radius 1 is 1.00 bits per heavy atom. The molecule has 4 aromatic rings. The molecule has 32 heavy (non-hydrogen) atoms. The summed E-state index contributed by atoms with van der Waals surface area (Å²) in [5.41, 5.74) is 2.13. The molecule has 0 radical (unpaired) electrons. The van der Waals surface area contributed by atoms with Crippen LogP contribution in [-0.4, -0.2) is 23.0 Å². The van der Waals surface area contributed by atoms with E-state index < -0.39 is 0 Å². The van der Waals surface area contributed by atoms with E-state index in [1.165, 1.54) is 25.6 Å². The van der Waals surface area contributed by atoms with Crippen LogP contribution in [0, 0.1) is 5.82 Å². The first-order valence-electron chi connectivity index (χ1n) is 9.52. The number of methoxy groups -OCH3 is 1. The minimum Gasteiger partial charge on any atom is -0.495 e. The van der Waals surface area contributed by atoms with Crippen LogP contribution in [0.1, 0.15) is 10.4 Å². The number of hydrogen-bond acceptors (Lipinski definition) is 5. The summed E-state index contributed by atoms with van der Waals surface area (Å²) in [7, 11) is 1.51. The van der Waals surface area contributed by atoms with Gasteiger partial charge in [-0.3, -0.25) is 4.79 Å². The molecule has 0 atom stereocenters. The van der Waals surface area contributed by atoms with Gasteiger partial charge in [0.1, 0.15) is 23.6 Å². The minimum absolute atomic E-state index is 0.286. The van der Waals surface area contributed by atoms with Crippen molar-refractivity contribution < 1.29 is 18.7 Å². The van der Waals surface area contributed by atoms with Gasteiger partial charge in [0.25, 0.3) is 5.91 Å². The number of nitrogens with one attached hydrogen (secondary N) is 1. The van der Waals surface area contributed by atoms with E-state index in [2.05, 4.69) is 15.3 Å². The van der Waals surface area contributed by atoms with E-state index in [9.17, 15) is 9.18 Å². The molecule has 1 aromatic heterocycles. The second kappa shape index (κ2) is 9.45. The number of rotatable bonds is 6. The summed E-state index contributed by atoms with van der Waals surface area (Å²) in [4.78, 5) is 21.1. The summed E-state index contributed by atoms with van der Waals surface area (Å²) in [6, 6.07) is 19.2. The highest BCUT2D eigenvalue weighted by atomic mass is 35.5. The molecule has 160 valence electrons. The maximum atomic E-state index is 13.2. The highest BCUT2D eigenvalue weighted by molar-refractivity contribution is 6.31. The monoisotopic (exact) mass is 449 g/mol. The Bertz CT molecular complexity index is 1270. The van der Waals surface area contributed by atoms with Gasteiger partial charge in [-0.25, -0.2) is 14.4 Å². The predicted molar refractivity (Wildman–Crippen MR) is 120 cm³/mol. The molecule has 0 fully saturated rings. The van der Waals surface area contributed by atoms with Crippen LogP contribution in [0.25, 0.3) is 11.3 Å². The largest absolute Gasteiger partial charge is 0.495 e. The number of amides is 1. The van der Waals surface area contributed by atoms with Gasteiger partial charge in [0, 0.05) is 22.2 Å². The van der Waals surface area contributed by atoms with Gasteiger partial charge < -0.3 is 14.8 Å². The molecule has 8 heteroatoms. The molecule has 1 N–H and O–H groups in total. The average molecular weight is 450 g/mol. The number of halogens is 2. The van der Waals surface area contributed by atoms with E-state index in [4.69, 9.17) is 21.1 Å². The van der Waals surface area contributed by atoms with Crippen LogP contribution in [0.15, 0.2) is 79.1 Å². The quantitative estimate of drug-likeness (QED) is 0.391. The van der Waals surface area contributed by atoms with E-state index in [0.717, 1.165) is 5.56 Å². The van der Waals surface area contributed by atoms with E-state index in [-0.39, 0.29) is 17.6 Å². The van der Waals surface area contributed by atoms with Gasteiger partial charge >= 0.3 is 0 Å².